The summed E-state index contributed by atoms with van der Waals surface area (Å²) in [5.74, 6) is 0.879. The van der Waals surface area contributed by atoms with E-state index in [9.17, 15) is 5.11 Å². The van der Waals surface area contributed by atoms with Gasteiger partial charge in [0, 0.05) is 12.6 Å². The lowest BCUT2D eigenvalue weighted by Crippen LogP contribution is -2.46. The molecule has 1 fully saturated rings. The Balaban J connectivity index is 1.74. The van der Waals surface area contributed by atoms with Crippen molar-refractivity contribution in [1.29, 1.82) is 0 Å². The van der Waals surface area contributed by atoms with Crippen LogP contribution >= 0.6 is 0 Å². The predicted molar refractivity (Wildman–Crippen MR) is 99.8 cm³/mol. The van der Waals surface area contributed by atoms with E-state index in [1.807, 2.05) is 13.0 Å². The number of aliphatic hydroxyl groups excluding tert-OH is 1. The molecule has 0 radical (unpaired) electrons. The molecule has 0 spiro atoms. The van der Waals surface area contributed by atoms with Gasteiger partial charge in [0.1, 0.15) is 18.5 Å². The van der Waals surface area contributed by atoms with Crippen LogP contribution in [0.4, 0.5) is 0 Å². The number of piperidine rings is 1. The Morgan fingerprint density at radius 1 is 1.29 bits per heavy atom. The zero-order valence-electron chi connectivity index (χ0n) is 15.8. The van der Waals surface area contributed by atoms with Gasteiger partial charge in [-0.1, -0.05) is 19.1 Å². The highest BCUT2D eigenvalue weighted by Crippen LogP contribution is 2.20. The van der Waals surface area contributed by atoms with Gasteiger partial charge in [-0.15, -0.1) is 0 Å². The highest BCUT2D eigenvalue weighted by atomic mass is 16.5. The summed E-state index contributed by atoms with van der Waals surface area (Å²) < 4.78 is 5.83. The first-order valence-corrected chi connectivity index (χ1v) is 9.30. The van der Waals surface area contributed by atoms with Gasteiger partial charge in [-0.3, -0.25) is 0 Å². The van der Waals surface area contributed by atoms with Crippen LogP contribution in [0.15, 0.2) is 18.2 Å². The van der Waals surface area contributed by atoms with Gasteiger partial charge in [-0.25, -0.2) is 0 Å². The Hall–Kier alpha value is -1.10. The standard InChI is InChI=1S/C20H34N2O2/c1-5-10-22-11-8-18(9-12-22)21(4)14-19(23)15-24-20-13-16(2)6-7-17(20)3/h6-7,13,18-19,23H,5,8-12,14-15H2,1-4H3. The maximum Gasteiger partial charge on any atom is 0.122 e. The van der Waals surface area contributed by atoms with E-state index >= 15 is 0 Å². The number of likely N-dealkylation sites (tertiary alicyclic amines) is 1. The Kier molecular flexibility index (Phi) is 7.53. The molecule has 1 atom stereocenters. The van der Waals surface area contributed by atoms with E-state index in [4.69, 9.17) is 4.74 Å². The number of aliphatic hydroxyl groups is 1. The third-order valence-electron chi connectivity index (χ3n) is 4.99. The van der Waals surface area contributed by atoms with E-state index in [-0.39, 0.29) is 0 Å². The topological polar surface area (TPSA) is 35.9 Å². The summed E-state index contributed by atoms with van der Waals surface area (Å²) in [6.07, 6.45) is 3.17. The fourth-order valence-corrected chi connectivity index (χ4v) is 3.48. The fourth-order valence-electron chi connectivity index (χ4n) is 3.48. The van der Waals surface area contributed by atoms with Crippen LogP contribution in [0.5, 0.6) is 5.75 Å². The summed E-state index contributed by atoms with van der Waals surface area (Å²) in [6, 6.07) is 6.76. The molecule has 2 rings (SSSR count). The fraction of sp³-hybridized carbons (Fsp3) is 0.700. The predicted octanol–water partition coefficient (Wildman–Crippen LogP) is 2.85. The molecule has 0 saturated carbocycles. The highest BCUT2D eigenvalue weighted by Gasteiger charge is 2.23. The van der Waals surface area contributed by atoms with Crippen molar-refractivity contribution in [2.75, 3.05) is 39.8 Å². The summed E-state index contributed by atoms with van der Waals surface area (Å²) in [4.78, 5) is 4.85. The van der Waals surface area contributed by atoms with E-state index in [1.54, 1.807) is 0 Å². The van der Waals surface area contributed by atoms with Crippen molar-refractivity contribution in [1.82, 2.24) is 9.80 Å². The molecule has 0 bridgehead atoms. The molecule has 136 valence electrons. The van der Waals surface area contributed by atoms with Gasteiger partial charge in [0.05, 0.1) is 0 Å². The van der Waals surface area contributed by atoms with Gasteiger partial charge in [0.25, 0.3) is 0 Å². The maximum absolute atomic E-state index is 10.3. The molecular formula is C20H34N2O2. The van der Waals surface area contributed by atoms with Gasteiger partial charge < -0.3 is 19.6 Å². The van der Waals surface area contributed by atoms with Crippen LogP contribution in [0.3, 0.4) is 0 Å². The minimum absolute atomic E-state index is 0.351. The van der Waals surface area contributed by atoms with Crippen molar-refractivity contribution in [3.63, 3.8) is 0 Å². The maximum atomic E-state index is 10.3. The largest absolute Gasteiger partial charge is 0.491 e. The molecule has 0 aromatic heterocycles. The van der Waals surface area contributed by atoms with Gasteiger partial charge >= 0.3 is 0 Å². The molecule has 1 saturated heterocycles. The first kappa shape index (κ1) is 19.2. The molecule has 4 nitrogen and oxygen atoms in total. The molecule has 1 N–H and O–H groups in total. The quantitative estimate of drug-likeness (QED) is 0.793. The van der Waals surface area contributed by atoms with Crippen molar-refractivity contribution < 1.29 is 9.84 Å². The molecule has 1 aromatic carbocycles. The van der Waals surface area contributed by atoms with Crippen molar-refractivity contribution >= 4 is 0 Å². The van der Waals surface area contributed by atoms with Gasteiger partial charge in [-0.2, -0.15) is 0 Å². The number of hydrogen-bond donors (Lipinski definition) is 1. The van der Waals surface area contributed by atoms with Gasteiger partial charge in [0.15, 0.2) is 0 Å². The molecule has 0 aliphatic carbocycles. The van der Waals surface area contributed by atoms with Crippen LogP contribution in [0, 0.1) is 13.8 Å². The lowest BCUT2D eigenvalue weighted by atomic mass is 10.0. The molecule has 1 aliphatic rings. The van der Waals surface area contributed by atoms with Crippen molar-refractivity contribution in [2.45, 2.75) is 52.2 Å². The van der Waals surface area contributed by atoms with Crippen LogP contribution in [-0.2, 0) is 0 Å². The summed E-state index contributed by atoms with van der Waals surface area (Å²) in [6.45, 7) is 10.9. The zero-order valence-corrected chi connectivity index (χ0v) is 15.8. The van der Waals surface area contributed by atoms with E-state index in [1.165, 1.54) is 44.5 Å². The van der Waals surface area contributed by atoms with Crippen molar-refractivity contribution in [3.05, 3.63) is 29.3 Å². The smallest absolute Gasteiger partial charge is 0.122 e. The monoisotopic (exact) mass is 334 g/mol. The van der Waals surface area contributed by atoms with E-state index < -0.39 is 6.10 Å². The van der Waals surface area contributed by atoms with Crippen LogP contribution in [-0.4, -0.2) is 66.9 Å². The Bertz CT molecular complexity index is 498. The van der Waals surface area contributed by atoms with E-state index in [0.29, 0.717) is 19.2 Å². The number of benzene rings is 1. The SMILES string of the molecule is CCCN1CCC(N(C)CC(O)COc2cc(C)ccc2C)CC1. The number of hydrogen-bond acceptors (Lipinski definition) is 4. The summed E-state index contributed by atoms with van der Waals surface area (Å²) in [5.41, 5.74) is 2.30. The molecule has 1 aromatic rings. The molecule has 4 heteroatoms. The Morgan fingerprint density at radius 2 is 2.00 bits per heavy atom. The first-order chi connectivity index (χ1) is 11.5. The third kappa shape index (κ3) is 5.76. The summed E-state index contributed by atoms with van der Waals surface area (Å²) in [7, 11) is 2.13. The summed E-state index contributed by atoms with van der Waals surface area (Å²) in [5, 5.41) is 10.3. The second kappa shape index (κ2) is 9.40. The van der Waals surface area contributed by atoms with Crippen molar-refractivity contribution in [2.24, 2.45) is 0 Å². The number of ether oxygens (including phenoxy) is 1. The molecule has 1 unspecified atom stereocenters. The van der Waals surface area contributed by atoms with Crippen LogP contribution in [0.25, 0.3) is 0 Å². The lowest BCUT2D eigenvalue weighted by Gasteiger charge is -2.37. The average Bonchev–Trinajstić information content (AvgIpc) is 2.56. The van der Waals surface area contributed by atoms with Crippen LogP contribution < -0.4 is 4.74 Å². The minimum Gasteiger partial charge on any atom is -0.491 e. The van der Waals surface area contributed by atoms with Crippen LogP contribution in [0.2, 0.25) is 0 Å². The molecule has 24 heavy (non-hydrogen) atoms. The molecule has 1 aliphatic heterocycles. The van der Waals surface area contributed by atoms with Gasteiger partial charge in [-0.05, 0) is 77.0 Å². The zero-order chi connectivity index (χ0) is 17.5. The third-order valence-corrected chi connectivity index (χ3v) is 4.99. The second-order valence-electron chi connectivity index (χ2n) is 7.25. The van der Waals surface area contributed by atoms with Gasteiger partial charge in [0.2, 0.25) is 0 Å². The Labute approximate surface area is 147 Å². The molecular weight excluding hydrogens is 300 g/mol. The molecule has 1 heterocycles. The molecule has 0 amide bonds. The Morgan fingerprint density at radius 3 is 2.67 bits per heavy atom. The average molecular weight is 335 g/mol. The second-order valence-corrected chi connectivity index (χ2v) is 7.25. The van der Waals surface area contributed by atoms with E-state index in [2.05, 4.69) is 42.8 Å². The number of nitrogens with zero attached hydrogens (tertiary/aromatic N) is 2. The van der Waals surface area contributed by atoms with Crippen molar-refractivity contribution in [3.8, 4) is 5.75 Å². The number of aryl methyl sites for hydroxylation is 2. The summed E-state index contributed by atoms with van der Waals surface area (Å²) >= 11 is 0. The highest BCUT2D eigenvalue weighted by molar-refractivity contribution is 5.35. The number of likely N-dealkylation sites (N-methyl/N-ethyl adjacent to an activating group) is 1. The lowest BCUT2D eigenvalue weighted by molar-refractivity contribution is 0.0470. The van der Waals surface area contributed by atoms with Crippen LogP contribution in [0.1, 0.15) is 37.3 Å². The first-order valence-electron chi connectivity index (χ1n) is 9.30. The normalized spacial score (nSPS) is 18.1. The number of rotatable bonds is 8. The van der Waals surface area contributed by atoms with E-state index in [0.717, 1.165) is 11.3 Å². The minimum atomic E-state index is -0.455.